The fraction of sp³-hybridized carbons (Fsp3) is 0.125. The Bertz CT molecular complexity index is 1360. The number of carbonyl (C=O) groups is 1. The summed E-state index contributed by atoms with van der Waals surface area (Å²) in [5.74, 6) is -0.807. The molecule has 2 aromatic heterocycles. The van der Waals surface area contributed by atoms with E-state index in [0.29, 0.717) is 28.4 Å². The van der Waals surface area contributed by atoms with Crippen molar-refractivity contribution >= 4 is 28.6 Å². The molecular formula is C24H20N4O4. The summed E-state index contributed by atoms with van der Waals surface area (Å²) < 4.78 is 5.33. The predicted octanol–water partition coefficient (Wildman–Crippen LogP) is 4.01. The molecule has 2 heterocycles. The first-order valence-corrected chi connectivity index (χ1v) is 10.0. The summed E-state index contributed by atoms with van der Waals surface area (Å²) >= 11 is 0. The highest BCUT2D eigenvalue weighted by atomic mass is 16.5. The van der Waals surface area contributed by atoms with Crippen LogP contribution in [0.15, 0.2) is 71.0 Å². The van der Waals surface area contributed by atoms with Crippen LogP contribution in [0.5, 0.6) is 5.88 Å². The number of aromatic amines is 1. The van der Waals surface area contributed by atoms with E-state index in [2.05, 4.69) is 19.9 Å². The number of carbonyl (C=O) groups excluding carboxylic acids is 1. The number of nitrogens with zero attached hydrogens (tertiary/aromatic N) is 3. The number of benzene rings is 2. The molecule has 4 aromatic rings. The van der Waals surface area contributed by atoms with Gasteiger partial charge in [0.2, 0.25) is 5.88 Å². The van der Waals surface area contributed by atoms with E-state index in [-0.39, 0.29) is 18.1 Å². The van der Waals surface area contributed by atoms with Gasteiger partial charge in [-0.3, -0.25) is 14.8 Å². The van der Waals surface area contributed by atoms with Gasteiger partial charge in [-0.2, -0.15) is 0 Å². The highest BCUT2D eigenvalue weighted by Gasteiger charge is 2.15. The summed E-state index contributed by atoms with van der Waals surface area (Å²) in [5, 5.41) is 11.3. The molecular weight excluding hydrogens is 408 g/mol. The molecule has 0 saturated heterocycles. The molecule has 2 N–H and O–H groups in total. The van der Waals surface area contributed by atoms with E-state index in [1.807, 2.05) is 6.92 Å². The first-order valence-electron chi connectivity index (χ1n) is 10.0. The van der Waals surface area contributed by atoms with Crippen molar-refractivity contribution in [1.82, 2.24) is 15.0 Å². The standard InChI is InChI=1S/C24H20N4O4/c1-2-9-32-24(31)19-10-15(16-11-25-14-26-12-16)7-8-21(19)27-13-20-17-5-3-4-6-18(17)22(29)28-23(20)30/h3-8,10-14H,2,9H2,1H3,(H2,28,29,30). The van der Waals surface area contributed by atoms with Crippen molar-refractivity contribution in [1.29, 1.82) is 0 Å². The van der Waals surface area contributed by atoms with Gasteiger partial charge >= 0.3 is 5.97 Å². The molecule has 8 heteroatoms. The van der Waals surface area contributed by atoms with Crippen LogP contribution in [-0.2, 0) is 4.74 Å². The highest BCUT2D eigenvalue weighted by Crippen LogP contribution is 2.28. The van der Waals surface area contributed by atoms with Crippen LogP contribution in [0.2, 0.25) is 0 Å². The number of ether oxygens (including phenoxy) is 1. The van der Waals surface area contributed by atoms with Gasteiger partial charge in [0.05, 0.1) is 23.4 Å². The molecule has 0 fully saturated rings. The number of hydrogen-bond acceptors (Lipinski definition) is 7. The minimum absolute atomic E-state index is 0.268. The Morgan fingerprint density at radius 1 is 1.12 bits per heavy atom. The zero-order valence-corrected chi connectivity index (χ0v) is 17.3. The van der Waals surface area contributed by atoms with E-state index in [9.17, 15) is 14.7 Å². The quantitative estimate of drug-likeness (QED) is 0.354. The molecule has 0 aliphatic heterocycles. The molecule has 8 nitrogen and oxygen atoms in total. The molecule has 0 unspecified atom stereocenters. The van der Waals surface area contributed by atoms with Gasteiger partial charge in [0.1, 0.15) is 6.33 Å². The molecule has 0 radical (unpaired) electrons. The molecule has 0 bridgehead atoms. The first-order chi connectivity index (χ1) is 15.6. The fourth-order valence-electron chi connectivity index (χ4n) is 3.26. The molecule has 0 saturated carbocycles. The molecule has 0 spiro atoms. The maximum absolute atomic E-state index is 12.7. The summed E-state index contributed by atoms with van der Waals surface area (Å²) in [6.07, 6.45) is 6.84. The number of H-pyrrole nitrogens is 1. The molecule has 0 amide bonds. The number of esters is 1. The third kappa shape index (κ3) is 4.24. The number of aromatic hydroxyl groups is 1. The molecule has 0 aliphatic rings. The Labute approximate surface area is 183 Å². The highest BCUT2D eigenvalue weighted by molar-refractivity contribution is 6.03. The second-order valence-corrected chi connectivity index (χ2v) is 7.02. The van der Waals surface area contributed by atoms with Gasteiger partial charge in [0.15, 0.2) is 0 Å². The van der Waals surface area contributed by atoms with E-state index in [4.69, 9.17) is 4.74 Å². The van der Waals surface area contributed by atoms with Crippen molar-refractivity contribution in [2.45, 2.75) is 13.3 Å². The summed E-state index contributed by atoms with van der Waals surface area (Å²) in [5.41, 5.74) is 2.06. The van der Waals surface area contributed by atoms with Crippen molar-refractivity contribution in [3.63, 3.8) is 0 Å². The smallest absolute Gasteiger partial charge is 0.340 e. The Balaban J connectivity index is 1.80. The summed E-state index contributed by atoms with van der Waals surface area (Å²) in [4.78, 5) is 39.7. The lowest BCUT2D eigenvalue weighted by molar-refractivity contribution is 0.0506. The van der Waals surface area contributed by atoms with Crippen molar-refractivity contribution in [3.8, 4) is 17.0 Å². The largest absolute Gasteiger partial charge is 0.494 e. The number of hydrogen-bond donors (Lipinski definition) is 2. The Hall–Kier alpha value is -4.33. The molecule has 2 aromatic carbocycles. The molecule has 32 heavy (non-hydrogen) atoms. The summed E-state index contributed by atoms with van der Waals surface area (Å²) in [6, 6.07) is 12.1. The average molecular weight is 428 g/mol. The van der Waals surface area contributed by atoms with Crippen LogP contribution in [0.1, 0.15) is 29.3 Å². The van der Waals surface area contributed by atoms with Crippen LogP contribution >= 0.6 is 0 Å². The second kappa shape index (κ2) is 9.22. The van der Waals surface area contributed by atoms with Gasteiger partial charge in [0.25, 0.3) is 5.56 Å². The summed E-state index contributed by atoms with van der Waals surface area (Å²) in [7, 11) is 0. The number of fused-ring (bicyclic) bond motifs is 1. The van der Waals surface area contributed by atoms with Crippen molar-refractivity contribution in [3.05, 3.63) is 82.7 Å². The minimum atomic E-state index is -0.506. The normalized spacial score (nSPS) is 11.2. The third-order valence-corrected chi connectivity index (χ3v) is 4.83. The number of nitrogens with one attached hydrogen (secondary N) is 1. The van der Waals surface area contributed by atoms with Crippen LogP contribution in [0.4, 0.5) is 5.69 Å². The van der Waals surface area contributed by atoms with E-state index >= 15 is 0 Å². The van der Waals surface area contributed by atoms with E-state index in [1.165, 1.54) is 12.5 Å². The zero-order valence-electron chi connectivity index (χ0n) is 17.3. The topological polar surface area (TPSA) is 118 Å². The number of aliphatic imine (C=N–C) groups is 1. The van der Waals surface area contributed by atoms with Gasteiger partial charge in [-0.05, 0) is 30.2 Å². The second-order valence-electron chi connectivity index (χ2n) is 7.02. The Morgan fingerprint density at radius 3 is 2.62 bits per heavy atom. The minimum Gasteiger partial charge on any atom is -0.494 e. The van der Waals surface area contributed by atoms with Crippen LogP contribution in [0, 0.1) is 0 Å². The van der Waals surface area contributed by atoms with Gasteiger partial charge in [0, 0.05) is 34.9 Å². The number of pyridine rings is 1. The predicted molar refractivity (Wildman–Crippen MR) is 122 cm³/mol. The SMILES string of the molecule is CCCOC(=O)c1cc(-c2cncnc2)ccc1N=Cc1c(O)[nH]c(=O)c2ccccc12. The lowest BCUT2D eigenvalue weighted by atomic mass is 10.0. The molecule has 0 aliphatic carbocycles. The average Bonchev–Trinajstić information content (AvgIpc) is 2.83. The molecule has 0 atom stereocenters. The van der Waals surface area contributed by atoms with Crippen molar-refractivity contribution in [2.75, 3.05) is 6.61 Å². The van der Waals surface area contributed by atoms with Crippen LogP contribution in [0.3, 0.4) is 0 Å². The molecule has 4 rings (SSSR count). The van der Waals surface area contributed by atoms with E-state index < -0.39 is 11.5 Å². The zero-order chi connectivity index (χ0) is 22.5. The lowest BCUT2D eigenvalue weighted by Crippen LogP contribution is -2.08. The van der Waals surface area contributed by atoms with Crippen LogP contribution in [-0.4, -0.2) is 38.8 Å². The monoisotopic (exact) mass is 428 g/mol. The Morgan fingerprint density at radius 2 is 1.88 bits per heavy atom. The molecule has 160 valence electrons. The van der Waals surface area contributed by atoms with E-state index in [1.54, 1.807) is 54.9 Å². The number of aromatic nitrogens is 3. The lowest BCUT2D eigenvalue weighted by Gasteiger charge is -2.09. The van der Waals surface area contributed by atoms with Crippen molar-refractivity contribution in [2.24, 2.45) is 4.99 Å². The van der Waals surface area contributed by atoms with Gasteiger partial charge in [-0.1, -0.05) is 31.2 Å². The van der Waals surface area contributed by atoms with Crippen LogP contribution < -0.4 is 5.56 Å². The van der Waals surface area contributed by atoms with Gasteiger partial charge < -0.3 is 9.84 Å². The first kappa shape index (κ1) is 20.9. The Kier molecular flexibility index (Phi) is 6.03. The van der Waals surface area contributed by atoms with Crippen molar-refractivity contribution < 1.29 is 14.6 Å². The van der Waals surface area contributed by atoms with Crippen LogP contribution in [0.25, 0.3) is 21.9 Å². The third-order valence-electron chi connectivity index (χ3n) is 4.83. The van der Waals surface area contributed by atoms with E-state index in [0.717, 1.165) is 11.1 Å². The maximum Gasteiger partial charge on any atom is 0.340 e. The maximum atomic E-state index is 12.7. The summed E-state index contributed by atoms with van der Waals surface area (Å²) in [6.45, 7) is 2.19. The number of rotatable bonds is 6. The fourth-order valence-corrected chi connectivity index (χ4v) is 3.26. The van der Waals surface area contributed by atoms with Gasteiger partial charge in [-0.15, -0.1) is 0 Å². The van der Waals surface area contributed by atoms with Gasteiger partial charge in [-0.25, -0.2) is 14.8 Å².